The first kappa shape index (κ1) is 23.8. The first-order valence-electron chi connectivity index (χ1n) is 11.8. The van der Waals surface area contributed by atoms with Crippen LogP contribution >= 0.6 is 0 Å². The SMILES string of the molecule is CCNC(=O)c1cccc(CN=C(NCC)NC2CCN(Cc3ccccc3)C(C)C2)c1. The van der Waals surface area contributed by atoms with Crippen LogP contribution in [0.15, 0.2) is 59.6 Å². The summed E-state index contributed by atoms with van der Waals surface area (Å²) in [4.78, 5) is 19.4. The van der Waals surface area contributed by atoms with E-state index < -0.39 is 0 Å². The van der Waals surface area contributed by atoms with Crippen LogP contribution in [0.2, 0.25) is 0 Å². The Hall–Kier alpha value is -2.86. The van der Waals surface area contributed by atoms with Crippen LogP contribution in [0.3, 0.4) is 0 Å². The molecule has 1 fully saturated rings. The van der Waals surface area contributed by atoms with Crippen molar-refractivity contribution in [2.45, 2.75) is 58.8 Å². The highest BCUT2D eigenvalue weighted by atomic mass is 16.1. The van der Waals surface area contributed by atoms with Crippen LogP contribution in [0.25, 0.3) is 0 Å². The molecule has 1 saturated heterocycles. The van der Waals surface area contributed by atoms with Gasteiger partial charge >= 0.3 is 0 Å². The molecule has 2 atom stereocenters. The van der Waals surface area contributed by atoms with Crippen molar-refractivity contribution in [2.24, 2.45) is 4.99 Å². The average molecular weight is 436 g/mol. The number of aliphatic imine (C=N–C) groups is 1. The molecule has 1 amide bonds. The van der Waals surface area contributed by atoms with E-state index in [0.29, 0.717) is 30.7 Å². The lowest BCUT2D eigenvalue weighted by Crippen LogP contribution is -2.51. The summed E-state index contributed by atoms with van der Waals surface area (Å²) in [6, 6.07) is 19.3. The van der Waals surface area contributed by atoms with E-state index in [1.165, 1.54) is 5.56 Å². The van der Waals surface area contributed by atoms with Crippen LogP contribution < -0.4 is 16.0 Å². The number of carbonyl (C=O) groups excluding carboxylic acids is 1. The third-order valence-corrected chi connectivity index (χ3v) is 5.87. The largest absolute Gasteiger partial charge is 0.357 e. The summed E-state index contributed by atoms with van der Waals surface area (Å²) >= 11 is 0. The summed E-state index contributed by atoms with van der Waals surface area (Å²) in [5.74, 6) is 0.796. The number of likely N-dealkylation sites (tertiary alicyclic amines) is 1. The Balaban J connectivity index is 1.56. The molecule has 0 bridgehead atoms. The highest BCUT2D eigenvalue weighted by Gasteiger charge is 2.26. The van der Waals surface area contributed by atoms with Crippen molar-refractivity contribution in [3.8, 4) is 0 Å². The Morgan fingerprint density at radius 3 is 2.50 bits per heavy atom. The molecule has 6 nitrogen and oxygen atoms in total. The van der Waals surface area contributed by atoms with Crippen LogP contribution in [0.4, 0.5) is 0 Å². The Bertz CT molecular complexity index is 883. The summed E-state index contributed by atoms with van der Waals surface area (Å²) in [6.07, 6.45) is 2.18. The number of nitrogens with one attached hydrogen (secondary N) is 3. The molecule has 1 heterocycles. The lowest BCUT2D eigenvalue weighted by atomic mass is 9.97. The van der Waals surface area contributed by atoms with Gasteiger partial charge in [-0.2, -0.15) is 0 Å². The van der Waals surface area contributed by atoms with Crippen molar-refractivity contribution in [3.05, 3.63) is 71.3 Å². The van der Waals surface area contributed by atoms with Gasteiger partial charge in [-0.3, -0.25) is 9.69 Å². The minimum Gasteiger partial charge on any atom is -0.357 e. The number of guanidine groups is 1. The predicted molar refractivity (Wildman–Crippen MR) is 132 cm³/mol. The van der Waals surface area contributed by atoms with E-state index in [2.05, 4.69) is 65.0 Å². The van der Waals surface area contributed by atoms with Crippen molar-refractivity contribution in [2.75, 3.05) is 19.6 Å². The van der Waals surface area contributed by atoms with E-state index in [1.807, 2.05) is 31.2 Å². The molecule has 172 valence electrons. The van der Waals surface area contributed by atoms with Gasteiger partial charge in [0.05, 0.1) is 6.54 Å². The highest BCUT2D eigenvalue weighted by Crippen LogP contribution is 2.20. The molecule has 6 heteroatoms. The quantitative estimate of drug-likeness (QED) is 0.438. The predicted octanol–water partition coefficient (Wildman–Crippen LogP) is 3.54. The van der Waals surface area contributed by atoms with Gasteiger partial charge in [0.25, 0.3) is 5.91 Å². The first-order valence-corrected chi connectivity index (χ1v) is 11.8. The molecule has 3 rings (SSSR count). The number of amides is 1. The van der Waals surface area contributed by atoms with Crippen LogP contribution in [0, 0.1) is 0 Å². The smallest absolute Gasteiger partial charge is 0.251 e. The second kappa shape index (κ2) is 12.2. The maximum absolute atomic E-state index is 12.1. The van der Waals surface area contributed by atoms with E-state index in [1.54, 1.807) is 0 Å². The van der Waals surface area contributed by atoms with Gasteiger partial charge < -0.3 is 16.0 Å². The number of benzene rings is 2. The van der Waals surface area contributed by atoms with Gasteiger partial charge in [-0.1, -0.05) is 42.5 Å². The molecule has 0 saturated carbocycles. The molecule has 2 unspecified atom stereocenters. The summed E-state index contributed by atoms with van der Waals surface area (Å²) in [6.45, 7) is 10.4. The zero-order valence-corrected chi connectivity index (χ0v) is 19.6. The topological polar surface area (TPSA) is 68.8 Å². The van der Waals surface area contributed by atoms with Gasteiger partial charge in [0.15, 0.2) is 5.96 Å². The lowest BCUT2D eigenvalue weighted by Gasteiger charge is -2.38. The maximum atomic E-state index is 12.1. The number of piperidine rings is 1. The van der Waals surface area contributed by atoms with Gasteiger partial charge in [-0.15, -0.1) is 0 Å². The number of hydrogen-bond donors (Lipinski definition) is 3. The van der Waals surface area contributed by atoms with Crippen molar-refractivity contribution in [1.29, 1.82) is 0 Å². The van der Waals surface area contributed by atoms with Gasteiger partial charge in [0, 0.05) is 43.8 Å². The third kappa shape index (κ3) is 7.09. The van der Waals surface area contributed by atoms with E-state index in [9.17, 15) is 4.79 Å². The molecule has 0 spiro atoms. The summed E-state index contributed by atoms with van der Waals surface area (Å²) in [7, 11) is 0. The fourth-order valence-electron chi connectivity index (χ4n) is 4.16. The molecule has 0 aromatic heterocycles. The Morgan fingerprint density at radius 2 is 1.78 bits per heavy atom. The average Bonchev–Trinajstić information content (AvgIpc) is 2.80. The van der Waals surface area contributed by atoms with Crippen molar-refractivity contribution < 1.29 is 4.79 Å². The van der Waals surface area contributed by atoms with Gasteiger partial charge in [0.1, 0.15) is 0 Å². The highest BCUT2D eigenvalue weighted by molar-refractivity contribution is 5.94. The number of hydrogen-bond acceptors (Lipinski definition) is 3. The van der Waals surface area contributed by atoms with E-state index in [-0.39, 0.29) is 5.91 Å². The normalized spacial score (nSPS) is 19.4. The second-order valence-corrected chi connectivity index (χ2v) is 8.43. The molecular weight excluding hydrogens is 398 g/mol. The third-order valence-electron chi connectivity index (χ3n) is 5.87. The monoisotopic (exact) mass is 435 g/mol. The zero-order chi connectivity index (χ0) is 22.8. The van der Waals surface area contributed by atoms with Crippen LogP contribution in [-0.2, 0) is 13.1 Å². The Labute approximate surface area is 192 Å². The zero-order valence-electron chi connectivity index (χ0n) is 19.6. The summed E-state index contributed by atoms with van der Waals surface area (Å²) < 4.78 is 0. The molecule has 2 aromatic carbocycles. The van der Waals surface area contributed by atoms with E-state index in [4.69, 9.17) is 4.99 Å². The van der Waals surface area contributed by atoms with E-state index in [0.717, 1.165) is 44.0 Å². The lowest BCUT2D eigenvalue weighted by molar-refractivity contribution is 0.0955. The van der Waals surface area contributed by atoms with Crippen molar-refractivity contribution in [3.63, 3.8) is 0 Å². The Kier molecular flexibility index (Phi) is 9.11. The molecule has 0 radical (unpaired) electrons. The number of nitrogens with zero attached hydrogens (tertiary/aromatic N) is 2. The molecule has 1 aliphatic heterocycles. The minimum atomic E-state index is -0.0420. The number of carbonyl (C=O) groups is 1. The second-order valence-electron chi connectivity index (χ2n) is 8.43. The van der Waals surface area contributed by atoms with Crippen LogP contribution in [-0.4, -0.2) is 48.5 Å². The maximum Gasteiger partial charge on any atom is 0.251 e. The van der Waals surface area contributed by atoms with Gasteiger partial charge in [-0.25, -0.2) is 4.99 Å². The van der Waals surface area contributed by atoms with E-state index >= 15 is 0 Å². The van der Waals surface area contributed by atoms with Crippen molar-refractivity contribution in [1.82, 2.24) is 20.9 Å². The fourth-order valence-corrected chi connectivity index (χ4v) is 4.16. The molecule has 0 aliphatic carbocycles. The molecule has 32 heavy (non-hydrogen) atoms. The standard InChI is InChI=1S/C26H37N5O/c1-4-27-25(32)23-13-9-12-22(17-23)18-29-26(28-5-2)30-24-14-15-31(20(3)16-24)19-21-10-7-6-8-11-21/h6-13,17,20,24H,4-5,14-16,18-19H2,1-3H3,(H,27,32)(H2,28,29,30). The van der Waals surface area contributed by atoms with Gasteiger partial charge in [-0.05, 0) is 56.9 Å². The summed E-state index contributed by atoms with van der Waals surface area (Å²) in [5.41, 5.74) is 3.07. The molecule has 1 aliphatic rings. The van der Waals surface area contributed by atoms with Crippen LogP contribution in [0.1, 0.15) is 55.1 Å². The summed E-state index contributed by atoms with van der Waals surface area (Å²) in [5, 5.41) is 9.85. The fraction of sp³-hybridized carbons (Fsp3) is 0.462. The molecule has 3 N–H and O–H groups in total. The first-order chi connectivity index (χ1) is 15.6. The Morgan fingerprint density at radius 1 is 1.03 bits per heavy atom. The van der Waals surface area contributed by atoms with Crippen LogP contribution in [0.5, 0.6) is 0 Å². The molecule has 2 aromatic rings. The van der Waals surface area contributed by atoms with Gasteiger partial charge in [0.2, 0.25) is 0 Å². The van der Waals surface area contributed by atoms with Crippen molar-refractivity contribution >= 4 is 11.9 Å². The minimum absolute atomic E-state index is 0.0420. The molecular formula is C26H37N5O. The number of rotatable bonds is 8.